The van der Waals surface area contributed by atoms with Crippen molar-refractivity contribution in [3.05, 3.63) is 57.5 Å². The predicted octanol–water partition coefficient (Wildman–Crippen LogP) is 3.56. The summed E-state index contributed by atoms with van der Waals surface area (Å²) in [7, 11) is 3.93. The number of rotatable bonds is 6. The van der Waals surface area contributed by atoms with Crippen LogP contribution in [0.3, 0.4) is 0 Å². The highest BCUT2D eigenvalue weighted by Crippen LogP contribution is 2.22. The van der Waals surface area contributed by atoms with E-state index in [1.165, 1.54) is 4.88 Å². The molecule has 0 fully saturated rings. The lowest BCUT2D eigenvalue weighted by Gasteiger charge is -2.23. The number of thiophene rings is 1. The van der Waals surface area contributed by atoms with Crippen molar-refractivity contribution < 1.29 is 13.2 Å². The van der Waals surface area contributed by atoms with E-state index in [1.807, 2.05) is 31.6 Å². The van der Waals surface area contributed by atoms with Crippen molar-refractivity contribution in [2.24, 2.45) is 0 Å². The van der Waals surface area contributed by atoms with Gasteiger partial charge in [0.1, 0.15) is 5.82 Å². The lowest BCUT2D eigenvalue weighted by molar-refractivity contribution is 0.292. The molecule has 0 aliphatic heterocycles. The van der Waals surface area contributed by atoms with Gasteiger partial charge in [0.05, 0.1) is 6.04 Å². The van der Waals surface area contributed by atoms with Gasteiger partial charge in [-0.1, -0.05) is 6.07 Å². The monoisotopic (exact) mass is 314 g/mol. The molecule has 2 rings (SSSR count). The van der Waals surface area contributed by atoms with E-state index in [9.17, 15) is 13.2 Å². The van der Waals surface area contributed by atoms with Crippen LogP contribution in [0, 0.1) is 17.5 Å². The standard InChI is InChI=1S/C15H17F3N2S/c1-20(2)14(15-4-3-5-21-15)9-19-8-10-6-12(17)13(18)7-11(10)16/h3-7,14,19H,8-9H2,1-2H3. The van der Waals surface area contributed by atoms with Gasteiger partial charge in [-0.2, -0.15) is 0 Å². The van der Waals surface area contributed by atoms with Gasteiger partial charge in [0, 0.05) is 29.6 Å². The fraction of sp³-hybridized carbons (Fsp3) is 0.333. The Bertz CT molecular complexity index is 585. The molecule has 0 saturated carbocycles. The van der Waals surface area contributed by atoms with Crippen molar-refractivity contribution >= 4 is 11.3 Å². The first-order chi connectivity index (χ1) is 9.99. The molecule has 0 amide bonds. The van der Waals surface area contributed by atoms with Gasteiger partial charge < -0.3 is 10.2 Å². The highest BCUT2D eigenvalue weighted by molar-refractivity contribution is 7.10. The average molecular weight is 314 g/mol. The van der Waals surface area contributed by atoms with Crippen molar-refractivity contribution in [3.63, 3.8) is 0 Å². The third-order valence-corrected chi connectivity index (χ3v) is 4.21. The summed E-state index contributed by atoms with van der Waals surface area (Å²) in [6.07, 6.45) is 0. The summed E-state index contributed by atoms with van der Waals surface area (Å²) in [5, 5.41) is 5.10. The zero-order valence-electron chi connectivity index (χ0n) is 11.9. The molecule has 1 heterocycles. The molecule has 0 radical (unpaired) electrons. The van der Waals surface area contributed by atoms with Crippen molar-refractivity contribution in [2.45, 2.75) is 12.6 Å². The Labute approximate surface area is 126 Å². The Morgan fingerprint density at radius 3 is 2.48 bits per heavy atom. The van der Waals surface area contributed by atoms with Crippen LogP contribution in [0.25, 0.3) is 0 Å². The van der Waals surface area contributed by atoms with Gasteiger partial charge in [0.25, 0.3) is 0 Å². The van der Waals surface area contributed by atoms with Gasteiger partial charge in [0.15, 0.2) is 11.6 Å². The Hall–Kier alpha value is -1.37. The molecule has 0 aliphatic carbocycles. The largest absolute Gasteiger partial charge is 0.311 e. The third-order valence-electron chi connectivity index (χ3n) is 3.24. The first kappa shape index (κ1) is 16.0. The number of nitrogens with zero attached hydrogens (tertiary/aromatic N) is 1. The average Bonchev–Trinajstić information content (AvgIpc) is 2.93. The van der Waals surface area contributed by atoms with Gasteiger partial charge in [-0.3, -0.25) is 0 Å². The van der Waals surface area contributed by atoms with E-state index >= 15 is 0 Å². The second kappa shape index (κ2) is 7.06. The van der Waals surface area contributed by atoms with Crippen molar-refractivity contribution in [3.8, 4) is 0 Å². The molecule has 1 unspecified atom stereocenters. The molecule has 1 N–H and O–H groups in total. The van der Waals surface area contributed by atoms with Crippen molar-refractivity contribution in [2.75, 3.05) is 20.6 Å². The minimum absolute atomic E-state index is 0.123. The third kappa shape index (κ3) is 4.06. The van der Waals surface area contributed by atoms with Crippen LogP contribution in [0.2, 0.25) is 0 Å². The Balaban J connectivity index is 1.98. The first-order valence-electron chi connectivity index (χ1n) is 6.53. The predicted molar refractivity (Wildman–Crippen MR) is 78.8 cm³/mol. The summed E-state index contributed by atoms with van der Waals surface area (Å²) in [4.78, 5) is 3.25. The van der Waals surface area contributed by atoms with Gasteiger partial charge in [-0.15, -0.1) is 11.3 Å². The van der Waals surface area contributed by atoms with E-state index < -0.39 is 17.5 Å². The van der Waals surface area contributed by atoms with E-state index in [0.717, 1.165) is 6.07 Å². The fourth-order valence-corrected chi connectivity index (χ4v) is 2.98. The van der Waals surface area contributed by atoms with Crippen LogP contribution in [0.15, 0.2) is 29.6 Å². The molecular formula is C15H17F3N2S. The van der Waals surface area contributed by atoms with Crippen molar-refractivity contribution in [1.29, 1.82) is 0 Å². The quantitative estimate of drug-likeness (QED) is 0.820. The highest BCUT2D eigenvalue weighted by Gasteiger charge is 2.15. The minimum atomic E-state index is -1.17. The number of nitrogens with one attached hydrogen (secondary N) is 1. The van der Waals surface area contributed by atoms with Crippen LogP contribution in [0.5, 0.6) is 0 Å². The van der Waals surface area contributed by atoms with Crippen molar-refractivity contribution in [1.82, 2.24) is 10.2 Å². The normalized spacial score (nSPS) is 12.9. The second-order valence-electron chi connectivity index (χ2n) is 4.98. The molecule has 1 aromatic carbocycles. The van der Waals surface area contributed by atoms with Gasteiger partial charge in [-0.25, -0.2) is 13.2 Å². The number of hydrogen-bond acceptors (Lipinski definition) is 3. The van der Waals surface area contributed by atoms with Crippen LogP contribution in [0.1, 0.15) is 16.5 Å². The Morgan fingerprint density at radius 1 is 1.14 bits per heavy atom. The molecular weight excluding hydrogens is 297 g/mol. The lowest BCUT2D eigenvalue weighted by Crippen LogP contribution is -2.30. The number of hydrogen-bond donors (Lipinski definition) is 1. The number of benzene rings is 1. The molecule has 21 heavy (non-hydrogen) atoms. The summed E-state index contributed by atoms with van der Waals surface area (Å²) >= 11 is 1.65. The zero-order chi connectivity index (χ0) is 15.4. The van der Waals surface area contributed by atoms with Crippen LogP contribution in [-0.2, 0) is 6.54 Å². The Morgan fingerprint density at radius 2 is 1.86 bits per heavy atom. The van der Waals surface area contributed by atoms with Gasteiger partial charge >= 0.3 is 0 Å². The lowest BCUT2D eigenvalue weighted by atomic mass is 10.1. The van der Waals surface area contributed by atoms with E-state index in [1.54, 1.807) is 11.3 Å². The number of halogens is 3. The van der Waals surface area contributed by atoms with Gasteiger partial charge in [-0.05, 0) is 31.6 Å². The van der Waals surface area contributed by atoms with Gasteiger partial charge in [0.2, 0.25) is 0 Å². The zero-order valence-corrected chi connectivity index (χ0v) is 12.7. The van der Waals surface area contributed by atoms with E-state index in [2.05, 4.69) is 10.2 Å². The SMILES string of the molecule is CN(C)C(CNCc1cc(F)c(F)cc1F)c1cccs1. The van der Waals surface area contributed by atoms with Crippen LogP contribution in [0.4, 0.5) is 13.2 Å². The van der Waals surface area contributed by atoms with Crippen LogP contribution < -0.4 is 5.32 Å². The smallest absolute Gasteiger partial charge is 0.161 e. The molecule has 6 heteroatoms. The van der Waals surface area contributed by atoms with Crippen LogP contribution in [-0.4, -0.2) is 25.5 Å². The summed E-state index contributed by atoms with van der Waals surface area (Å²) in [6.45, 7) is 0.741. The first-order valence-corrected chi connectivity index (χ1v) is 7.41. The molecule has 0 saturated heterocycles. The minimum Gasteiger partial charge on any atom is -0.311 e. The molecule has 114 valence electrons. The maximum absolute atomic E-state index is 13.5. The number of likely N-dealkylation sites (N-methyl/N-ethyl adjacent to an activating group) is 1. The highest BCUT2D eigenvalue weighted by atomic mass is 32.1. The maximum atomic E-state index is 13.5. The molecule has 0 spiro atoms. The molecule has 1 aromatic heterocycles. The van der Waals surface area contributed by atoms with E-state index in [0.29, 0.717) is 12.6 Å². The van der Waals surface area contributed by atoms with E-state index in [4.69, 9.17) is 0 Å². The summed E-state index contributed by atoms with van der Waals surface area (Å²) in [5.41, 5.74) is 0.123. The molecule has 2 aromatic rings. The summed E-state index contributed by atoms with van der Waals surface area (Å²) in [6, 6.07) is 5.64. The van der Waals surface area contributed by atoms with Crippen LogP contribution >= 0.6 is 11.3 Å². The topological polar surface area (TPSA) is 15.3 Å². The molecule has 1 atom stereocenters. The molecule has 0 aliphatic rings. The summed E-state index contributed by atoms with van der Waals surface area (Å²) in [5.74, 6) is -2.93. The maximum Gasteiger partial charge on any atom is 0.161 e. The molecule has 2 nitrogen and oxygen atoms in total. The van der Waals surface area contributed by atoms with E-state index in [-0.39, 0.29) is 18.2 Å². The summed E-state index contributed by atoms with van der Waals surface area (Å²) < 4.78 is 39.5. The Kier molecular flexibility index (Phi) is 5.39. The second-order valence-corrected chi connectivity index (χ2v) is 5.96. The fourth-order valence-electron chi connectivity index (χ4n) is 2.06. The molecule has 0 bridgehead atoms.